The molecule has 1 aliphatic heterocycles. The lowest BCUT2D eigenvalue weighted by Crippen LogP contribution is -2.57. The smallest absolute Gasteiger partial charge is 0.258 e. The van der Waals surface area contributed by atoms with Crippen molar-refractivity contribution in [3.8, 4) is 5.75 Å². The summed E-state index contributed by atoms with van der Waals surface area (Å²) in [5.74, 6) is 0.792. The van der Waals surface area contributed by atoms with Gasteiger partial charge in [0.15, 0.2) is 0 Å². The number of benzene rings is 2. The molecule has 0 bridgehead atoms. The molecule has 28 heavy (non-hydrogen) atoms. The molecule has 1 atom stereocenters. The molecule has 1 amide bonds. The van der Waals surface area contributed by atoms with Gasteiger partial charge in [-0.3, -0.25) is 4.79 Å². The zero-order chi connectivity index (χ0) is 20.0. The quantitative estimate of drug-likeness (QED) is 0.517. The molecule has 0 spiro atoms. The third kappa shape index (κ3) is 3.76. The highest BCUT2D eigenvalue weighted by Gasteiger charge is 2.44. The Kier molecular flexibility index (Phi) is 6.37. The molecule has 0 aromatic heterocycles. The van der Waals surface area contributed by atoms with Gasteiger partial charge in [0.1, 0.15) is 18.0 Å². The normalized spacial score (nSPS) is 18.4. The number of hydrogen-bond acceptors (Lipinski definition) is 4. The number of rotatable bonds is 9. The van der Waals surface area contributed by atoms with Crippen LogP contribution in [0.4, 0.5) is 5.69 Å². The molecule has 3 rings (SSSR count). The zero-order valence-corrected chi connectivity index (χ0v) is 16.6. The van der Waals surface area contributed by atoms with Crippen LogP contribution in [-0.4, -0.2) is 37.2 Å². The van der Waals surface area contributed by atoms with E-state index in [1.165, 1.54) is 0 Å². The van der Waals surface area contributed by atoms with Gasteiger partial charge in [-0.2, -0.15) is 0 Å². The highest BCUT2D eigenvalue weighted by molar-refractivity contribution is 6.02. The highest BCUT2D eigenvalue weighted by atomic mass is 16.5. The van der Waals surface area contributed by atoms with E-state index in [-0.39, 0.29) is 5.91 Å². The Morgan fingerprint density at radius 2 is 1.86 bits per heavy atom. The minimum absolute atomic E-state index is 0.00754. The van der Waals surface area contributed by atoms with Gasteiger partial charge in [-0.1, -0.05) is 37.3 Å². The Morgan fingerprint density at radius 3 is 2.54 bits per heavy atom. The van der Waals surface area contributed by atoms with E-state index >= 15 is 0 Å². The number of amides is 1. The van der Waals surface area contributed by atoms with Gasteiger partial charge in [-0.05, 0) is 43.2 Å². The highest BCUT2D eigenvalue weighted by Crippen LogP contribution is 2.40. The Hall–Kier alpha value is -2.79. The predicted octanol–water partition coefficient (Wildman–Crippen LogP) is 4.42. The zero-order valence-electron chi connectivity index (χ0n) is 16.6. The van der Waals surface area contributed by atoms with E-state index in [0.717, 1.165) is 17.0 Å². The van der Waals surface area contributed by atoms with Gasteiger partial charge in [0.2, 0.25) is 0 Å². The molecule has 1 N–H and O–H groups in total. The minimum Gasteiger partial charge on any atom is -0.491 e. The van der Waals surface area contributed by atoms with Crippen molar-refractivity contribution in [3.05, 3.63) is 72.3 Å². The summed E-state index contributed by atoms with van der Waals surface area (Å²) in [6.45, 7) is 10.1. The first-order valence-corrected chi connectivity index (χ1v) is 9.77. The maximum atomic E-state index is 13.2. The fourth-order valence-corrected chi connectivity index (χ4v) is 3.66. The molecule has 2 aromatic rings. The minimum atomic E-state index is -0.635. The van der Waals surface area contributed by atoms with E-state index in [1.807, 2.05) is 60.4 Å². The maximum Gasteiger partial charge on any atom is 0.258 e. The van der Waals surface area contributed by atoms with Crippen LogP contribution in [0.25, 0.3) is 0 Å². The molecule has 0 aliphatic carbocycles. The van der Waals surface area contributed by atoms with Gasteiger partial charge in [0.25, 0.3) is 5.91 Å². The van der Waals surface area contributed by atoms with Crippen molar-refractivity contribution < 1.29 is 14.3 Å². The van der Waals surface area contributed by atoms with Crippen LogP contribution in [-0.2, 0) is 10.4 Å². The van der Waals surface area contributed by atoms with Gasteiger partial charge < -0.3 is 19.7 Å². The summed E-state index contributed by atoms with van der Waals surface area (Å²) in [5, 5.41) is 3.62. The van der Waals surface area contributed by atoms with Crippen LogP contribution in [0.5, 0.6) is 5.75 Å². The van der Waals surface area contributed by atoms with Crippen LogP contribution in [0.2, 0.25) is 0 Å². The van der Waals surface area contributed by atoms with Gasteiger partial charge in [-0.15, -0.1) is 6.58 Å². The first-order chi connectivity index (χ1) is 13.7. The molecule has 0 saturated carbocycles. The number of hydrogen-bond donors (Lipinski definition) is 1. The van der Waals surface area contributed by atoms with E-state index < -0.39 is 5.66 Å². The Bertz CT molecular complexity index is 819. The van der Waals surface area contributed by atoms with Crippen molar-refractivity contribution in [2.75, 3.05) is 31.7 Å². The number of anilines is 1. The van der Waals surface area contributed by atoms with E-state index in [9.17, 15) is 4.79 Å². The summed E-state index contributed by atoms with van der Waals surface area (Å²) >= 11 is 0. The fraction of sp³-hybridized carbons (Fsp3) is 0.348. The van der Waals surface area contributed by atoms with Crippen molar-refractivity contribution in [1.29, 1.82) is 0 Å². The molecule has 0 fully saturated rings. The number of para-hydroxylation sites is 1. The third-order valence-corrected chi connectivity index (χ3v) is 5.06. The van der Waals surface area contributed by atoms with Crippen LogP contribution in [0.3, 0.4) is 0 Å². The molecule has 5 nitrogen and oxygen atoms in total. The average molecular weight is 380 g/mol. The molecular weight excluding hydrogens is 352 g/mol. The number of ether oxygens (including phenoxy) is 2. The van der Waals surface area contributed by atoms with Crippen molar-refractivity contribution in [3.63, 3.8) is 0 Å². The van der Waals surface area contributed by atoms with E-state index in [1.54, 1.807) is 6.08 Å². The third-order valence-electron chi connectivity index (χ3n) is 5.06. The van der Waals surface area contributed by atoms with Gasteiger partial charge >= 0.3 is 0 Å². The van der Waals surface area contributed by atoms with Crippen molar-refractivity contribution >= 4 is 11.6 Å². The van der Waals surface area contributed by atoms with Crippen LogP contribution in [0, 0.1) is 0 Å². The van der Waals surface area contributed by atoms with Crippen LogP contribution >= 0.6 is 0 Å². The lowest BCUT2D eigenvalue weighted by atomic mass is 9.89. The van der Waals surface area contributed by atoms with Crippen LogP contribution in [0.1, 0.15) is 36.2 Å². The average Bonchev–Trinajstić information content (AvgIpc) is 2.74. The molecule has 0 radical (unpaired) electrons. The monoisotopic (exact) mass is 380 g/mol. The number of nitrogens with one attached hydrogen (secondary N) is 1. The van der Waals surface area contributed by atoms with Gasteiger partial charge in [0, 0.05) is 18.8 Å². The Labute approximate surface area is 167 Å². The fourth-order valence-electron chi connectivity index (χ4n) is 3.66. The van der Waals surface area contributed by atoms with E-state index in [4.69, 9.17) is 9.47 Å². The summed E-state index contributed by atoms with van der Waals surface area (Å²) < 4.78 is 11.0. The Balaban J connectivity index is 1.92. The molecule has 1 unspecified atom stereocenters. The van der Waals surface area contributed by atoms with Crippen molar-refractivity contribution in [1.82, 2.24) is 4.90 Å². The van der Waals surface area contributed by atoms with Gasteiger partial charge in [-0.25, -0.2) is 0 Å². The predicted molar refractivity (Wildman–Crippen MR) is 112 cm³/mol. The maximum absolute atomic E-state index is 13.2. The number of nitrogens with zero attached hydrogens (tertiary/aromatic N) is 1. The molecule has 148 valence electrons. The van der Waals surface area contributed by atoms with Crippen LogP contribution in [0.15, 0.2) is 61.2 Å². The first-order valence-electron chi connectivity index (χ1n) is 9.77. The molecular formula is C23H28N2O3. The standard InChI is InChI=1S/C23H28N2O3/c1-4-15-25-22(26)20-9-7-8-10-21(20)24-23(25,5-2)18-11-13-19(14-12-18)28-17-16-27-6-3/h4,7-14,24H,1,5-6,15-17H2,2-3H3. The molecule has 1 aliphatic rings. The summed E-state index contributed by atoms with van der Waals surface area (Å²) in [7, 11) is 0. The number of carbonyl (C=O) groups excluding carboxylic acids is 1. The number of carbonyl (C=O) groups is 1. The summed E-state index contributed by atoms with van der Waals surface area (Å²) in [6.07, 6.45) is 2.48. The first kappa shape index (κ1) is 20.0. The van der Waals surface area contributed by atoms with Crippen molar-refractivity contribution in [2.45, 2.75) is 25.9 Å². The number of fused-ring (bicyclic) bond motifs is 1. The van der Waals surface area contributed by atoms with E-state index in [2.05, 4.69) is 18.8 Å². The van der Waals surface area contributed by atoms with Gasteiger partial charge in [0.05, 0.1) is 12.2 Å². The SMILES string of the molecule is C=CCN1C(=O)c2ccccc2NC1(CC)c1ccc(OCCOCC)cc1. The lowest BCUT2D eigenvalue weighted by molar-refractivity contribution is 0.0524. The van der Waals surface area contributed by atoms with E-state index in [0.29, 0.717) is 38.3 Å². The largest absolute Gasteiger partial charge is 0.491 e. The molecule has 5 heteroatoms. The Morgan fingerprint density at radius 1 is 1.11 bits per heavy atom. The lowest BCUT2D eigenvalue weighted by Gasteiger charge is -2.48. The molecule has 1 heterocycles. The second kappa shape index (κ2) is 8.93. The topological polar surface area (TPSA) is 50.8 Å². The molecule has 2 aromatic carbocycles. The summed E-state index contributed by atoms with van der Waals surface area (Å²) in [4.78, 5) is 15.1. The summed E-state index contributed by atoms with van der Waals surface area (Å²) in [5.41, 5.74) is 1.91. The molecule has 0 saturated heterocycles. The van der Waals surface area contributed by atoms with Crippen molar-refractivity contribution in [2.24, 2.45) is 0 Å². The second-order valence-corrected chi connectivity index (χ2v) is 6.66. The van der Waals surface area contributed by atoms with Crippen LogP contribution < -0.4 is 10.1 Å². The second-order valence-electron chi connectivity index (χ2n) is 6.66. The summed E-state index contributed by atoms with van der Waals surface area (Å²) in [6, 6.07) is 15.6.